The van der Waals surface area contributed by atoms with E-state index < -0.39 is 17.6 Å². The number of hydrogen-bond donors (Lipinski definition) is 1. The van der Waals surface area contributed by atoms with E-state index in [9.17, 15) is 18.0 Å². The Balaban J connectivity index is 1.18. The zero-order chi connectivity index (χ0) is 28.6. The molecule has 0 bridgehead atoms. The Hall–Kier alpha value is -4.17. The molecule has 210 valence electrons. The lowest BCUT2D eigenvalue weighted by Gasteiger charge is -2.38. The lowest BCUT2D eigenvalue weighted by Crippen LogP contribution is -2.50. The topological polar surface area (TPSA) is 48.5 Å². The molecular formula is C33H31F3N4O. The van der Waals surface area contributed by atoms with Crippen LogP contribution in [0.3, 0.4) is 0 Å². The number of nitrogens with one attached hydrogen (secondary N) is 1. The number of alkyl halides is 3. The number of carbonyl (C=O) groups excluding carboxylic acids is 1. The number of amides is 1. The first-order valence-electron chi connectivity index (χ1n) is 13.9. The van der Waals surface area contributed by atoms with Gasteiger partial charge in [-0.2, -0.15) is 13.2 Å². The molecule has 5 nitrogen and oxygen atoms in total. The Kier molecular flexibility index (Phi) is 7.26. The Morgan fingerprint density at radius 3 is 2.32 bits per heavy atom. The molecule has 1 atom stereocenters. The molecule has 0 spiro atoms. The third kappa shape index (κ3) is 5.70. The van der Waals surface area contributed by atoms with Gasteiger partial charge in [0.15, 0.2) is 0 Å². The molecule has 1 fully saturated rings. The van der Waals surface area contributed by atoms with Gasteiger partial charge in [-0.1, -0.05) is 42.5 Å². The van der Waals surface area contributed by atoms with Crippen LogP contribution in [0.25, 0.3) is 11.1 Å². The minimum absolute atomic E-state index is 0.00711. The van der Waals surface area contributed by atoms with Crippen LogP contribution in [0.4, 0.5) is 24.7 Å². The highest BCUT2D eigenvalue weighted by atomic mass is 19.4. The monoisotopic (exact) mass is 556 g/mol. The molecule has 0 saturated carbocycles. The van der Waals surface area contributed by atoms with Crippen LogP contribution in [0.2, 0.25) is 0 Å². The smallest absolute Gasteiger partial charge is 0.354 e. The van der Waals surface area contributed by atoms with Crippen LogP contribution < -0.4 is 10.2 Å². The quantitative estimate of drug-likeness (QED) is 0.300. The molecule has 4 aromatic rings. The maximum absolute atomic E-state index is 13.7. The van der Waals surface area contributed by atoms with Crippen LogP contribution >= 0.6 is 0 Å². The predicted molar refractivity (Wildman–Crippen MR) is 155 cm³/mol. The van der Waals surface area contributed by atoms with Gasteiger partial charge in [0, 0.05) is 49.7 Å². The minimum atomic E-state index is -4.55. The summed E-state index contributed by atoms with van der Waals surface area (Å²) in [7, 11) is 0. The molecule has 6 rings (SSSR count). The SMILES string of the molecule is Cc1cc(C(F)(F)F)cc(C(=O)Nc2ccc3c(c2)CC(N2CCN(c4ccccn4)CC2)C3)c1-c1ccccc1. The van der Waals surface area contributed by atoms with Crippen LogP contribution in [0, 0.1) is 6.92 Å². The Morgan fingerprint density at radius 2 is 1.61 bits per heavy atom. The molecule has 1 aliphatic heterocycles. The number of anilines is 2. The summed E-state index contributed by atoms with van der Waals surface area (Å²) < 4.78 is 41.0. The van der Waals surface area contributed by atoms with Crippen LogP contribution in [0.5, 0.6) is 0 Å². The summed E-state index contributed by atoms with van der Waals surface area (Å²) in [6, 6.07) is 23.3. The van der Waals surface area contributed by atoms with E-state index in [0.717, 1.165) is 57.0 Å². The highest BCUT2D eigenvalue weighted by Gasteiger charge is 2.33. The molecular weight excluding hydrogens is 525 g/mol. The number of benzene rings is 3. The third-order valence-corrected chi connectivity index (χ3v) is 8.15. The Bertz CT molecular complexity index is 1550. The summed E-state index contributed by atoms with van der Waals surface area (Å²) in [6.07, 6.45) is -0.915. The molecule has 1 amide bonds. The zero-order valence-electron chi connectivity index (χ0n) is 22.8. The van der Waals surface area contributed by atoms with Crippen molar-refractivity contribution in [3.05, 3.63) is 113 Å². The Labute approximate surface area is 237 Å². The normalized spacial score (nSPS) is 17.4. The van der Waals surface area contributed by atoms with Gasteiger partial charge in [-0.25, -0.2) is 4.98 Å². The fraction of sp³-hybridized carbons (Fsp3) is 0.273. The minimum Gasteiger partial charge on any atom is -0.354 e. The largest absolute Gasteiger partial charge is 0.416 e. The van der Waals surface area contributed by atoms with Crippen molar-refractivity contribution < 1.29 is 18.0 Å². The summed E-state index contributed by atoms with van der Waals surface area (Å²) in [6.45, 7) is 5.36. The Morgan fingerprint density at radius 1 is 0.878 bits per heavy atom. The number of rotatable bonds is 5. The molecule has 1 aromatic heterocycles. The van der Waals surface area contributed by atoms with Gasteiger partial charge in [-0.3, -0.25) is 9.69 Å². The summed E-state index contributed by atoms with van der Waals surface area (Å²) in [5, 5.41) is 2.89. The van der Waals surface area contributed by atoms with Gasteiger partial charge in [-0.15, -0.1) is 0 Å². The van der Waals surface area contributed by atoms with Crippen molar-refractivity contribution in [2.45, 2.75) is 32.0 Å². The van der Waals surface area contributed by atoms with E-state index in [-0.39, 0.29) is 5.56 Å². The second-order valence-electron chi connectivity index (χ2n) is 10.8. The summed E-state index contributed by atoms with van der Waals surface area (Å²) >= 11 is 0. The highest BCUT2D eigenvalue weighted by Crippen LogP contribution is 2.36. The van der Waals surface area contributed by atoms with Crippen molar-refractivity contribution in [2.24, 2.45) is 0 Å². The van der Waals surface area contributed by atoms with E-state index in [1.54, 1.807) is 19.1 Å². The lowest BCUT2D eigenvalue weighted by molar-refractivity contribution is -0.137. The number of pyridine rings is 1. The fourth-order valence-electron chi connectivity index (χ4n) is 6.10. The van der Waals surface area contributed by atoms with E-state index in [4.69, 9.17) is 0 Å². The predicted octanol–water partition coefficient (Wildman–Crippen LogP) is 6.62. The maximum Gasteiger partial charge on any atom is 0.416 e. The van der Waals surface area contributed by atoms with Crippen molar-refractivity contribution >= 4 is 17.4 Å². The third-order valence-electron chi connectivity index (χ3n) is 8.15. The first-order chi connectivity index (χ1) is 19.8. The van der Waals surface area contributed by atoms with Crippen LogP contribution in [-0.4, -0.2) is 48.0 Å². The first kappa shape index (κ1) is 27.0. The molecule has 8 heteroatoms. The molecule has 3 aromatic carbocycles. The number of halogens is 3. The second-order valence-corrected chi connectivity index (χ2v) is 10.8. The van der Waals surface area contributed by atoms with Crippen molar-refractivity contribution in [1.82, 2.24) is 9.88 Å². The van der Waals surface area contributed by atoms with Gasteiger partial charge in [0.25, 0.3) is 5.91 Å². The molecule has 41 heavy (non-hydrogen) atoms. The van der Waals surface area contributed by atoms with Crippen LogP contribution in [0.15, 0.2) is 85.1 Å². The van der Waals surface area contributed by atoms with Gasteiger partial charge < -0.3 is 10.2 Å². The first-order valence-corrected chi connectivity index (χ1v) is 13.9. The molecule has 1 saturated heterocycles. The summed E-state index contributed by atoms with van der Waals surface area (Å²) in [5.41, 5.74) is 3.78. The van der Waals surface area contributed by atoms with Crippen LogP contribution in [0.1, 0.15) is 32.6 Å². The lowest BCUT2D eigenvalue weighted by atomic mass is 9.92. The number of nitrogens with zero attached hydrogens (tertiary/aromatic N) is 3. The number of fused-ring (bicyclic) bond motifs is 1. The van der Waals surface area contributed by atoms with E-state index in [1.807, 2.05) is 60.8 Å². The number of hydrogen-bond acceptors (Lipinski definition) is 4. The van der Waals surface area contributed by atoms with Crippen molar-refractivity contribution in [3.63, 3.8) is 0 Å². The van der Waals surface area contributed by atoms with E-state index >= 15 is 0 Å². The molecule has 1 aliphatic carbocycles. The summed E-state index contributed by atoms with van der Waals surface area (Å²) in [4.78, 5) is 22.8. The average molecular weight is 557 g/mol. The van der Waals surface area contributed by atoms with E-state index in [2.05, 4.69) is 20.1 Å². The number of carbonyl (C=O) groups is 1. The average Bonchev–Trinajstić information content (AvgIpc) is 3.41. The standard InChI is InChI=1S/C33H31F3N4O/c1-22-17-26(33(34,35)36)21-29(31(22)23-7-3-2-4-8-23)32(41)38-27-11-10-24-19-28(20-25(24)18-27)39-13-15-40(16-14-39)30-9-5-6-12-37-30/h2-12,17-18,21,28H,13-16,19-20H2,1H3,(H,38,41). The fourth-order valence-corrected chi connectivity index (χ4v) is 6.10. The van der Waals surface area contributed by atoms with E-state index in [1.165, 1.54) is 11.1 Å². The molecule has 2 aliphatic rings. The molecule has 1 unspecified atom stereocenters. The van der Waals surface area contributed by atoms with Gasteiger partial charge >= 0.3 is 6.18 Å². The van der Waals surface area contributed by atoms with Gasteiger partial charge in [0.2, 0.25) is 0 Å². The maximum atomic E-state index is 13.7. The number of aryl methyl sites for hydroxylation is 1. The van der Waals surface area contributed by atoms with Crippen molar-refractivity contribution in [3.8, 4) is 11.1 Å². The number of aromatic nitrogens is 1. The van der Waals surface area contributed by atoms with E-state index in [0.29, 0.717) is 28.4 Å². The van der Waals surface area contributed by atoms with Gasteiger partial charge in [0.05, 0.1) is 5.56 Å². The van der Waals surface area contributed by atoms with Crippen molar-refractivity contribution in [1.29, 1.82) is 0 Å². The summed E-state index contributed by atoms with van der Waals surface area (Å²) in [5.74, 6) is 0.451. The molecule has 1 N–H and O–H groups in total. The second kappa shape index (κ2) is 11.0. The highest BCUT2D eigenvalue weighted by molar-refractivity contribution is 6.09. The van der Waals surface area contributed by atoms with Gasteiger partial charge in [-0.05, 0) is 84.0 Å². The number of piperazine rings is 1. The van der Waals surface area contributed by atoms with Crippen molar-refractivity contribution in [2.75, 3.05) is 36.4 Å². The zero-order valence-corrected chi connectivity index (χ0v) is 22.8. The molecule has 2 heterocycles. The van der Waals surface area contributed by atoms with Gasteiger partial charge in [0.1, 0.15) is 5.82 Å². The molecule has 0 radical (unpaired) electrons. The van der Waals surface area contributed by atoms with Crippen LogP contribution in [-0.2, 0) is 19.0 Å².